The summed E-state index contributed by atoms with van der Waals surface area (Å²) in [4.78, 5) is 37.3. The van der Waals surface area contributed by atoms with E-state index in [1.165, 1.54) is 11.1 Å². The van der Waals surface area contributed by atoms with Crippen LogP contribution in [0.1, 0.15) is 38.1 Å². The van der Waals surface area contributed by atoms with Gasteiger partial charge in [-0.15, -0.1) is 0 Å². The smallest absolute Gasteiger partial charge is 0.329 e. The van der Waals surface area contributed by atoms with Crippen LogP contribution in [0.25, 0.3) is 5.57 Å². The Morgan fingerprint density at radius 2 is 2.08 bits per heavy atom. The molecule has 2 aliphatic heterocycles. The Bertz CT molecular complexity index is 1190. The summed E-state index contributed by atoms with van der Waals surface area (Å²) >= 11 is 0. The van der Waals surface area contributed by atoms with Gasteiger partial charge in [-0.25, -0.2) is 9.78 Å². The van der Waals surface area contributed by atoms with Gasteiger partial charge in [-0.3, -0.25) is 20.0 Å². The lowest BCUT2D eigenvalue weighted by molar-refractivity contribution is -0.131. The van der Waals surface area contributed by atoms with Crippen LogP contribution in [0.15, 0.2) is 36.7 Å². The number of rotatable bonds is 7. The summed E-state index contributed by atoms with van der Waals surface area (Å²) in [6.45, 7) is 7.87. The highest BCUT2D eigenvalue weighted by Gasteiger charge is 2.41. The van der Waals surface area contributed by atoms with E-state index in [1.54, 1.807) is 37.4 Å². The van der Waals surface area contributed by atoms with Gasteiger partial charge >= 0.3 is 6.03 Å². The van der Waals surface area contributed by atoms with Crippen molar-refractivity contribution in [3.05, 3.63) is 48.1 Å². The minimum atomic E-state index is -0.530. The Morgan fingerprint density at radius 3 is 2.72 bits per heavy atom. The van der Waals surface area contributed by atoms with Crippen molar-refractivity contribution in [1.82, 2.24) is 25.1 Å². The summed E-state index contributed by atoms with van der Waals surface area (Å²) in [5.41, 5.74) is 1.32. The molecule has 4 heterocycles. The summed E-state index contributed by atoms with van der Waals surface area (Å²) < 4.78 is 6.03. The number of likely N-dealkylation sites (N-methyl/N-ethyl adjacent to an activating group) is 1. The van der Waals surface area contributed by atoms with Crippen LogP contribution in [0.4, 0.5) is 10.6 Å². The molecular weight excluding hydrogens is 458 g/mol. The van der Waals surface area contributed by atoms with Crippen molar-refractivity contribution in [2.45, 2.75) is 39.7 Å². The van der Waals surface area contributed by atoms with Crippen LogP contribution >= 0.6 is 0 Å². The molecule has 2 saturated heterocycles. The summed E-state index contributed by atoms with van der Waals surface area (Å²) in [5, 5.41) is 13.9. The van der Waals surface area contributed by atoms with Gasteiger partial charge in [0, 0.05) is 54.8 Å². The van der Waals surface area contributed by atoms with Crippen molar-refractivity contribution < 1.29 is 14.3 Å². The number of anilines is 1. The van der Waals surface area contributed by atoms with Crippen molar-refractivity contribution in [3.63, 3.8) is 0 Å². The van der Waals surface area contributed by atoms with E-state index in [0.29, 0.717) is 53.3 Å². The molecule has 0 saturated carbocycles. The number of ether oxygens (including phenoxy) is 1. The third-order valence-electron chi connectivity index (χ3n) is 6.58. The SMILES string of the molecule is Cc1nc(NC(=O)N2CCC(C)(C)C2=O)ccc1Oc1ccnc(/C(C=N)=C/NC2CCN(C)C2)c1. The quantitative estimate of drug-likeness (QED) is 0.505. The van der Waals surface area contributed by atoms with Gasteiger partial charge in [-0.05, 0) is 51.6 Å². The van der Waals surface area contributed by atoms with Crippen LogP contribution in [-0.4, -0.2) is 70.6 Å². The molecule has 4 rings (SSSR count). The van der Waals surface area contributed by atoms with E-state index >= 15 is 0 Å². The number of hydrogen-bond acceptors (Lipinski definition) is 8. The standard InChI is InChI=1S/C26H33N7O3/c1-17-22(5-6-23(30-17)31-25(35)33-12-9-26(2,3)24(33)34)36-20-7-10-28-21(13-20)18(14-27)15-29-19-8-11-32(4)16-19/h5-7,10,13-15,19,27,29H,8-9,11-12,16H2,1-4H3,(H,30,31,35)/b18-15+,27-14?. The molecule has 2 aliphatic rings. The monoisotopic (exact) mass is 491 g/mol. The average Bonchev–Trinajstić information content (AvgIpc) is 3.38. The zero-order valence-electron chi connectivity index (χ0n) is 21.2. The summed E-state index contributed by atoms with van der Waals surface area (Å²) in [6, 6.07) is 6.75. The first-order valence-corrected chi connectivity index (χ1v) is 12.1. The Balaban J connectivity index is 1.42. The highest BCUT2D eigenvalue weighted by molar-refractivity contribution is 6.07. The summed E-state index contributed by atoms with van der Waals surface area (Å²) in [5.74, 6) is 1.24. The maximum Gasteiger partial charge on any atom is 0.329 e. The highest BCUT2D eigenvalue weighted by atomic mass is 16.5. The van der Waals surface area contributed by atoms with Crippen LogP contribution in [-0.2, 0) is 4.79 Å². The number of nitrogens with zero attached hydrogens (tertiary/aromatic N) is 4. The van der Waals surface area contributed by atoms with Crippen molar-refractivity contribution >= 4 is 29.5 Å². The Kier molecular flexibility index (Phi) is 7.35. The average molecular weight is 492 g/mol. The van der Waals surface area contributed by atoms with Gasteiger partial charge in [0.05, 0.1) is 11.4 Å². The molecule has 0 spiro atoms. The molecule has 2 aromatic rings. The maximum atomic E-state index is 12.6. The summed E-state index contributed by atoms with van der Waals surface area (Å²) in [6.07, 6.45) is 6.43. The van der Waals surface area contributed by atoms with Crippen molar-refractivity contribution in [3.8, 4) is 11.5 Å². The Labute approximate surface area is 211 Å². The number of urea groups is 1. The second-order valence-corrected chi connectivity index (χ2v) is 9.94. The minimum Gasteiger partial charge on any atom is -0.455 e. The zero-order chi connectivity index (χ0) is 25.9. The van der Waals surface area contributed by atoms with E-state index in [1.807, 2.05) is 20.0 Å². The van der Waals surface area contributed by atoms with Crippen LogP contribution in [0, 0.1) is 17.7 Å². The fourth-order valence-corrected chi connectivity index (χ4v) is 4.29. The predicted molar refractivity (Wildman–Crippen MR) is 138 cm³/mol. The number of amides is 3. The van der Waals surface area contributed by atoms with Crippen LogP contribution in [0.5, 0.6) is 11.5 Å². The molecular formula is C26H33N7O3. The van der Waals surface area contributed by atoms with Crippen molar-refractivity contribution in [2.75, 3.05) is 32.0 Å². The molecule has 1 unspecified atom stereocenters. The normalized spacial score (nSPS) is 19.9. The largest absolute Gasteiger partial charge is 0.455 e. The molecule has 3 amide bonds. The number of likely N-dealkylation sites (tertiary alicyclic amines) is 2. The molecule has 10 heteroatoms. The van der Waals surface area contributed by atoms with E-state index in [9.17, 15) is 9.59 Å². The third-order valence-corrected chi connectivity index (χ3v) is 6.58. The van der Waals surface area contributed by atoms with E-state index in [2.05, 4.69) is 32.5 Å². The molecule has 36 heavy (non-hydrogen) atoms. The van der Waals surface area contributed by atoms with Gasteiger partial charge in [-0.2, -0.15) is 0 Å². The number of hydrogen-bond donors (Lipinski definition) is 3. The molecule has 0 aliphatic carbocycles. The van der Waals surface area contributed by atoms with Crippen LogP contribution in [0.3, 0.4) is 0 Å². The lowest BCUT2D eigenvalue weighted by Crippen LogP contribution is -2.39. The maximum absolute atomic E-state index is 12.6. The zero-order valence-corrected chi connectivity index (χ0v) is 21.2. The summed E-state index contributed by atoms with van der Waals surface area (Å²) in [7, 11) is 2.09. The van der Waals surface area contributed by atoms with Crippen molar-refractivity contribution in [2.24, 2.45) is 5.41 Å². The number of aromatic nitrogens is 2. The molecule has 0 radical (unpaired) electrons. The van der Waals surface area contributed by atoms with Crippen LogP contribution < -0.4 is 15.4 Å². The lowest BCUT2D eigenvalue weighted by Gasteiger charge is -2.18. The second kappa shape index (κ2) is 10.4. The first kappa shape index (κ1) is 25.3. The number of allylic oxidation sites excluding steroid dienone is 1. The molecule has 3 N–H and O–H groups in total. The van der Waals surface area contributed by atoms with Gasteiger partial charge in [-0.1, -0.05) is 13.8 Å². The van der Waals surface area contributed by atoms with E-state index < -0.39 is 11.4 Å². The highest BCUT2D eigenvalue weighted by Crippen LogP contribution is 2.31. The van der Waals surface area contributed by atoms with E-state index in [-0.39, 0.29) is 5.91 Å². The van der Waals surface area contributed by atoms with E-state index in [0.717, 1.165) is 19.5 Å². The number of imide groups is 1. The molecule has 0 aromatic carbocycles. The number of pyridine rings is 2. The Morgan fingerprint density at radius 1 is 1.28 bits per heavy atom. The van der Waals surface area contributed by atoms with E-state index in [4.69, 9.17) is 10.1 Å². The second-order valence-electron chi connectivity index (χ2n) is 9.94. The first-order chi connectivity index (χ1) is 17.2. The van der Waals surface area contributed by atoms with Gasteiger partial charge in [0.25, 0.3) is 0 Å². The molecule has 10 nitrogen and oxygen atoms in total. The van der Waals surface area contributed by atoms with Gasteiger partial charge < -0.3 is 20.4 Å². The molecule has 2 aromatic heterocycles. The third kappa shape index (κ3) is 5.71. The molecule has 190 valence electrons. The molecule has 1 atom stereocenters. The van der Waals surface area contributed by atoms with Gasteiger partial charge in [0.1, 0.15) is 17.3 Å². The molecule has 2 fully saturated rings. The Hall–Kier alpha value is -3.79. The fraction of sp³-hybridized carbons (Fsp3) is 0.423. The van der Waals surface area contributed by atoms with Gasteiger partial charge in [0.15, 0.2) is 0 Å². The number of carbonyl (C=O) groups is 2. The first-order valence-electron chi connectivity index (χ1n) is 12.1. The minimum absolute atomic E-state index is 0.186. The lowest BCUT2D eigenvalue weighted by atomic mass is 9.92. The number of aryl methyl sites for hydroxylation is 1. The van der Waals surface area contributed by atoms with Gasteiger partial charge in [0.2, 0.25) is 5.91 Å². The topological polar surface area (TPSA) is 124 Å². The molecule has 0 bridgehead atoms. The van der Waals surface area contributed by atoms with Crippen LogP contribution in [0.2, 0.25) is 0 Å². The fourth-order valence-electron chi connectivity index (χ4n) is 4.29. The number of nitrogens with one attached hydrogen (secondary N) is 3. The van der Waals surface area contributed by atoms with Crippen molar-refractivity contribution in [1.29, 1.82) is 5.41 Å². The number of carbonyl (C=O) groups excluding carboxylic acids is 2. The predicted octanol–water partition coefficient (Wildman–Crippen LogP) is 3.65.